The van der Waals surface area contributed by atoms with Gasteiger partial charge in [0.05, 0.1) is 20.2 Å². The van der Waals surface area contributed by atoms with Gasteiger partial charge in [-0.25, -0.2) is 4.99 Å². The summed E-state index contributed by atoms with van der Waals surface area (Å²) in [4.78, 5) is 6.07. The normalized spacial score (nSPS) is 11.1. The number of guanidine groups is 1. The molecule has 3 aromatic rings. The highest BCUT2D eigenvalue weighted by molar-refractivity contribution is 14.0. The van der Waals surface area contributed by atoms with Crippen LogP contribution in [-0.2, 0) is 26.6 Å². The Kier molecular flexibility index (Phi) is 9.39. The summed E-state index contributed by atoms with van der Waals surface area (Å²) in [5, 5.41) is 17.2. The van der Waals surface area contributed by atoms with Gasteiger partial charge >= 0.3 is 0 Å². The Morgan fingerprint density at radius 2 is 1.97 bits per heavy atom. The maximum atomic E-state index is 5.21. The minimum absolute atomic E-state index is 0. The molecule has 0 spiro atoms. The number of rotatable bonds is 8. The third-order valence-electron chi connectivity index (χ3n) is 4.42. The van der Waals surface area contributed by atoms with Gasteiger partial charge in [0.1, 0.15) is 11.6 Å². The van der Waals surface area contributed by atoms with Crippen LogP contribution in [0.15, 0.2) is 46.8 Å². The maximum absolute atomic E-state index is 5.21. The van der Waals surface area contributed by atoms with Crippen LogP contribution in [0.2, 0.25) is 0 Å². The van der Waals surface area contributed by atoms with Crippen molar-refractivity contribution >= 4 is 41.3 Å². The number of nitrogens with one attached hydrogen (secondary N) is 2. The van der Waals surface area contributed by atoms with Crippen LogP contribution in [0, 0.1) is 6.92 Å². The van der Waals surface area contributed by atoms with E-state index in [2.05, 4.69) is 38.3 Å². The Hall–Kier alpha value is -2.14. The second-order valence-corrected chi connectivity index (χ2v) is 7.38. The van der Waals surface area contributed by atoms with Crippen molar-refractivity contribution in [2.24, 2.45) is 12.0 Å². The maximum Gasteiger partial charge on any atom is 0.191 e. The van der Waals surface area contributed by atoms with Crippen LogP contribution in [0.3, 0.4) is 0 Å². The number of benzene rings is 1. The average Bonchev–Trinajstić information content (AvgIpc) is 3.35. The molecule has 156 valence electrons. The molecule has 2 aromatic heterocycles. The molecule has 0 saturated heterocycles. The van der Waals surface area contributed by atoms with Gasteiger partial charge in [0.25, 0.3) is 0 Å². The number of hydrogen-bond donors (Lipinski definition) is 2. The van der Waals surface area contributed by atoms with E-state index in [4.69, 9.17) is 9.73 Å². The van der Waals surface area contributed by atoms with Crippen molar-refractivity contribution in [3.8, 4) is 5.75 Å². The van der Waals surface area contributed by atoms with Crippen LogP contribution in [0.5, 0.6) is 5.75 Å². The standard InChI is InChI=1S/C20H26N6OS.HI/c1-15-24-25-19(26(15)2)14-23-20(21-11-10-18-5-4-12-28-18)22-13-16-6-8-17(27-3)9-7-16;/h4-9,12H,10-11,13-14H2,1-3H3,(H2,21,22,23);1H. The highest BCUT2D eigenvalue weighted by atomic mass is 127. The predicted molar refractivity (Wildman–Crippen MR) is 128 cm³/mol. The fourth-order valence-electron chi connectivity index (χ4n) is 2.60. The highest BCUT2D eigenvalue weighted by Gasteiger charge is 2.06. The first-order valence-electron chi connectivity index (χ1n) is 9.18. The van der Waals surface area contributed by atoms with E-state index in [-0.39, 0.29) is 24.0 Å². The lowest BCUT2D eigenvalue weighted by molar-refractivity contribution is 0.414. The van der Waals surface area contributed by atoms with Crippen molar-refractivity contribution in [3.63, 3.8) is 0 Å². The van der Waals surface area contributed by atoms with Crippen molar-refractivity contribution in [1.82, 2.24) is 25.4 Å². The van der Waals surface area contributed by atoms with Crippen molar-refractivity contribution in [1.29, 1.82) is 0 Å². The molecule has 0 bridgehead atoms. The summed E-state index contributed by atoms with van der Waals surface area (Å²) < 4.78 is 7.18. The Balaban J connectivity index is 0.00000300. The van der Waals surface area contributed by atoms with Crippen LogP contribution in [0.4, 0.5) is 0 Å². The topological polar surface area (TPSA) is 76.4 Å². The van der Waals surface area contributed by atoms with Gasteiger partial charge in [-0.3, -0.25) is 0 Å². The molecule has 0 amide bonds. The molecule has 1 aromatic carbocycles. The molecule has 29 heavy (non-hydrogen) atoms. The number of aromatic nitrogens is 3. The molecule has 0 aliphatic carbocycles. The second-order valence-electron chi connectivity index (χ2n) is 6.35. The zero-order valence-corrected chi connectivity index (χ0v) is 20.0. The first-order chi connectivity index (χ1) is 13.7. The monoisotopic (exact) mass is 526 g/mol. The third kappa shape index (κ3) is 7.00. The Bertz CT molecular complexity index is 892. The summed E-state index contributed by atoms with van der Waals surface area (Å²) >= 11 is 1.77. The fraction of sp³-hybridized carbons (Fsp3) is 0.350. The van der Waals surface area contributed by atoms with Gasteiger partial charge in [0, 0.05) is 18.5 Å². The second kappa shape index (κ2) is 11.8. The van der Waals surface area contributed by atoms with E-state index >= 15 is 0 Å². The van der Waals surface area contributed by atoms with E-state index in [0.717, 1.165) is 41.9 Å². The molecule has 0 radical (unpaired) electrons. The van der Waals surface area contributed by atoms with E-state index in [1.165, 1.54) is 4.88 Å². The summed E-state index contributed by atoms with van der Waals surface area (Å²) in [5.41, 5.74) is 1.12. The molecular formula is C20H27IN6OS. The van der Waals surface area contributed by atoms with E-state index < -0.39 is 0 Å². The molecule has 9 heteroatoms. The van der Waals surface area contributed by atoms with Gasteiger partial charge in [-0.1, -0.05) is 18.2 Å². The Labute approximate surface area is 192 Å². The minimum atomic E-state index is 0. The molecule has 7 nitrogen and oxygen atoms in total. The molecule has 0 atom stereocenters. The molecule has 0 aliphatic rings. The SMILES string of the molecule is COc1ccc(CN=C(NCCc2cccs2)NCc2nnc(C)n2C)cc1.I. The Morgan fingerprint density at radius 1 is 1.17 bits per heavy atom. The highest BCUT2D eigenvalue weighted by Crippen LogP contribution is 2.12. The molecule has 2 heterocycles. The van der Waals surface area contributed by atoms with E-state index in [1.807, 2.05) is 42.8 Å². The van der Waals surface area contributed by atoms with Crippen molar-refractivity contribution in [2.75, 3.05) is 13.7 Å². The summed E-state index contributed by atoms with van der Waals surface area (Å²) in [7, 11) is 3.63. The summed E-state index contributed by atoms with van der Waals surface area (Å²) in [6, 6.07) is 12.2. The molecule has 3 rings (SSSR count). The van der Waals surface area contributed by atoms with Gasteiger partial charge in [-0.15, -0.1) is 45.5 Å². The smallest absolute Gasteiger partial charge is 0.191 e. The average molecular weight is 526 g/mol. The number of halogens is 1. The largest absolute Gasteiger partial charge is 0.497 e. The number of nitrogens with zero attached hydrogens (tertiary/aromatic N) is 4. The van der Waals surface area contributed by atoms with Gasteiger partial charge in [-0.05, 0) is 42.5 Å². The van der Waals surface area contributed by atoms with E-state index in [0.29, 0.717) is 13.1 Å². The number of hydrogen-bond acceptors (Lipinski definition) is 5. The van der Waals surface area contributed by atoms with Crippen LogP contribution in [-0.4, -0.2) is 34.4 Å². The molecule has 0 unspecified atom stereocenters. The van der Waals surface area contributed by atoms with Gasteiger partial charge in [0.15, 0.2) is 11.8 Å². The van der Waals surface area contributed by atoms with Crippen LogP contribution < -0.4 is 15.4 Å². The lowest BCUT2D eigenvalue weighted by atomic mass is 10.2. The zero-order valence-electron chi connectivity index (χ0n) is 16.9. The van der Waals surface area contributed by atoms with Gasteiger partial charge in [-0.2, -0.15) is 0 Å². The quantitative estimate of drug-likeness (QED) is 0.268. The van der Waals surface area contributed by atoms with Gasteiger partial charge < -0.3 is 19.9 Å². The lowest BCUT2D eigenvalue weighted by Crippen LogP contribution is -2.38. The van der Waals surface area contributed by atoms with Crippen molar-refractivity contribution in [2.45, 2.75) is 26.4 Å². The zero-order chi connectivity index (χ0) is 19.8. The van der Waals surface area contributed by atoms with E-state index in [9.17, 15) is 0 Å². The molecule has 0 aliphatic heterocycles. The molecule has 0 fully saturated rings. The third-order valence-corrected chi connectivity index (χ3v) is 5.36. The summed E-state index contributed by atoms with van der Waals surface area (Å²) in [5.74, 6) is 3.36. The van der Waals surface area contributed by atoms with E-state index in [1.54, 1.807) is 18.4 Å². The first-order valence-corrected chi connectivity index (χ1v) is 10.1. The number of thiophene rings is 1. The fourth-order valence-corrected chi connectivity index (χ4v) is 3.31. The first kappa shape index (κ1) is 23.1. The summed E-state index contributed by atoms with van der Waals surface area (Å²) in [6.45, 7) is 3.89. The predicted octanol–water partition coefficient (Wildman–Crippen LogP) is 3.29. The van der Waals surface area contributed by atoms with Crippen LogP contribution in [0.1, 0.15) is 22.1 Å². The molecule has 2 N–H and O–H groups in total. The number of ether oxygens (including phenoxy) is 1. The van der Waals surface area contributed by atoms with Crippen molar-refractivity contribution < 1.29 is 4.74 Å². The number of aliphatic imine (C=N–C) groups is 1. The Morgan fingerprint density at radius 3 is 2.59 bits per heavy atom. The number of aryl methyl sites for hydroxylation is 1. The van der Waals surface area contributed by atoms with Crippen molar-refractivity contribution in [3.05, 3.63) is 63.9 Å². The molecule has 0 saturated carbocycles. The van der Waals surface area contributed by atoms with Crippen LogP contribution >= 0.6 is 35.3 Å². The van der Waals surface area contributed by atoms with Gasteiger partial charge in [0.2, 0.25) is 0 Å². The summed E-state index contributed by atoms with van der Waals surface area (Å²) in [6.07, 6.45) is 0.962. The molecular weight excluding hydrogens is 499 g/mol. The van der Waals surface area contributed by atoms with Crippen LogP contribution in [0.25, 0.3) is 0 Å². The minimum Gasteiger partial charge on any atom is -0.497 e. The lowest BCUT2D eigenvalue weighted by Gasteiger charge is -2.12. The number of methoxy groups -OCH3 is 1.